The Morgan fingerprint density at radius 3 is 1.52 bits per heavy atom. The number of benzene rings is 2. The summed E-state index contributed by atoms with van der Waals surface area (Å²) in [4.78, 5) is 18.2. The average Bonchev–Trinajstić information content (AvgIpc) is 2.84. The number of nitrogens with zero attached hydrogens (tertiary/aromatic N) is 2. The molecule has 0 bridgehead atoms. The predicted octanol–water partition coefficient (Wildman–Crippen LogP) is 7.24. The van der Waals surface area contributed by atoms with Crippen LogP contribution in [0, 0.1) is 5.92 Å². The molecular weight excluding hydrogens is 404 g/mol. The lowest BCUT2D eigenvalue weighted by Crippen LogP contribution is -2.22. The summed E-state index contributed by atoms with van der Waals surface area (Å²) in [6.45, 7) is 14.9. The largest absolute Gasteiger partial charge is 0.372 e. The number of hydrogen-bond acceptors (Lipinski definition) is 3. The van der Waals surface area contributed by atoms with Crippen molar-refractivity contribution in [1.82, 2.24) is 0 Å². The van der Waals surface area contributed by atoms with Gasteiger partial charge in [0.15, 0.2) is 5.78 Å². The first-order chi connectivity index (χ1) is 16.0. The van der Waals surface area contributed by atoms with Crippen molar-refractivity contribution < 1.29 is 4.79 Å². The van der Waals surface area contributed by atoms with Gasteiger partial charge in [-0.05, 0) is 94.0 Å². The third-order valence-electron chi connectivity index (χ3n) is 6.86. The Bertz CT molecular complexity index is 918. The van der Waals surface area contributed by atoms with E-state index < -0.39 is 0 Å². The predicted molar refractivity (Wildman–Crippen MR) is 144 cm³/mol. The highest BCUT2D eigenvalue weighted by molar-refractivity contribution is 6.14. The number of rotatable bonds is 9. The molecule has 176 valence electrons. The van der Waals surface area contributed by atoms with E-state index in [2.05, 4.69) is 105 Å². The molecular formula is C30H40N2O. The smallest absolute Gasteiger partial charge is 0.185 e. The van der Waals surface area contributed by atoms with Gasteiger partial charge in [-0.3, -0.25) is 4.79 Å². The number of ketones is 1. The van der Waals surface area contributed by atoms with Gasteiger partial charge in [-0.2, -0.15) is 0 Å². The Labute approximate surface area is 200 Å². The summed E-state index contributed by atoms with van der Waals surface area (Å²) in [6.07, 6.45) is 7.05. The molecule has 2 aromatic rings. The molecule has 0 aliphatic heterocycles. The molecule has 1 aliphatic rings. The average molecular weight is 445 g/mol. The Morgan fingerprint density at radius 2 is 1.15 bits per heavy atom. The van der Waals surface area contributed by atoms with Gasteiger partial charge >= 0.3 is 0 Å². The van der Waals surface area contributed by atoms with Crippen LogP contribution in [0.5, 0.6) is 0 Å². The fourth-order valence-electron chi connectivity index (χ4n) is 4.83. The van der Waals surface area contributed by atoms with E-state index in [0.717, 1.165) is 67.7 Å². The normalized spacial score (nSPS) is 18.7. The van der Waals surface area contributed by atoms with Crippen molar-refractivity contribution in [1.29, 1.82) is 0 Å². The van der Waals surface area contributed by atoms with Gasteiger partial charge in [-0.15, -0.1) is 0 Å². The SMILES string of the molecule is CCC1C/C(=C/c2cccc(N(CC)CC)c2)C(=O)/C(=C/c2cccc(N(CC)CC)c2)C1. The molecule has 1 saturated carbocycles. The van der Waals surface area contributed by atoms with Gasteiger partial charge in [0.2, 0.25) is 0 Å². The second-order valence-corrected chi connectivity index (χ2v) is 8.89. The first-order valence-electron chi connectivity index (χ1n) is 12.7. The van der Waals surface area contributed by atoms with Crippen LogP contribution < -0.4 is 9.80 Å². The summed E-state index contributed by atoms with van der Waals surface area (Å²) in [5.74, 6) is 0.721. The fourth-order valence-corrected chi connectivity index (χ4v) is 4.83. The Kier molecular flexibility index (Phi) is 8.94. The maximum absolute atomic E-state index is 13.5. The van der Waals surface area contributed by atoms with E-state index in [1.165, 1.54) is 11.4 Å². The highest BCUT2D eigenvalue weighted by Crippen LogP contribution is 2.34. The van der Waals surface area contributed by atoms with Crippen LogP contribution in [0.3, 0.4) is 0 Å². The molecule has 3 nitrogen and oxygen atoms in total. The van der Waals surface area contributed by atoms with Crippen LogP contribution in [-0.4, -0.2) is 32.0 Å². The lowest BCUT2D eigenvalue weighted by atomic mass is 9.78. The number of carbonyl (C=O) groups is 1. The number of Topliss-reactive ketones (excluding diaryl/α,β-unsaturated/α-hetero) is 1. The standard InChI is InChI=1S/C30H40N2O/c1-6-23-17-26(19-24-13-11-15-28(21-24)31(7-2)8-3)30(33)27(18-23)20-25-14-12-16-29(22-25)32(9-4)10-5/h11-16,19-23H,6-10,17-18H2,1-5H3/b26-19-,27-20+. The van der Waals surface area contributed by atoms with Crippen LogP contribution in [0.4, 0.5) is 11.4 Å². The molecule has 1 unspecified atom stereocenters. The zero-order valence-corrected chi connectivity index (χ0v) is 21.1. The summed E-state index contributed by atoms with van der Waals surface area (Å²) >= 11 is 0. The molecule has 0 amide bonds. The van der Waals surface area contributed by atoms with Gasteiger partial charge in [-0.1, -0.05) is 37.6 Å². The summed E-state index contributed by atoms with van der Waals surface area (Å²) in [5.41, 5.74) is 6.54. The molecule has 3 heteroatoms. The molecule has 1 atom stereocenters. The minimum atomic E-state index is 0.209. The van der Waals surface area contributed by atoms with E-state index in [9.17, 15) is 4.79 Å². The molecule has 2 aromatic carbocycles. The van der Waals surface area contributed by atoms with Crippen LogP contribution in [-0.2, 0) is 4.79 Å². The molecule has 3 rings (SSSR count). The maximum Gasteiger partial charge on any atom is 0.185 e. The van der Waals surface area contributed by atoms with E-state index >= 15 is 0 Å². The third kappa shape index (κ3) is 6.16. The van der Waals surface area contributed by atoms with Crippen molar-refractivity contribution in [2.75, 3.05) is 36.0 Å². The molecule has 0 saturated heterocycles. The van der Waals surface area contributed by atoms with Gasteiger partial charge in [0.1, 0.15) is 0 Å². The molecule has 0 N–H and O–H groups in total. The number of carbonyl (C=O) groups excluding carboxylic acids is 1. The van der Waals surface area contributed by atoms with Crippen LogP contribution in [0.25, 0.3) is 12.2 Å². The second-order valence-electron chi connectivity index (χ2n) is 8.89. The maximum atomic E-state index is 13.5. The van der Waals surface area contributed by atoms with E-state index in [4.69, 9.17) is 0 Å². The highest BCUT2D eigenvalue weighted by atomic mass is 16.1. The van der Waals surface area contributed by atoms with Crippen molar-refractivity contribution >= 4 is 29.3 Å². The molecule has 0 spiro atoms. The monoisotopic (exact) mass is 444 g/mol. The summed E-state index contributed by atoms with van der Waals surface area (Å²) in [5, 5.41) is 0. The fraction of sp³-hybridized carbons (Fsp3) is 0.433. The second kappa shape index (κ2) is 11.9. The third-order valence-corrected chi connectivity index (χ3v) is 6.86. The van der Waals surface area contributed by atoms with Crippen LogP contribution in [0.1, 0.15) is 65.0 Å². The van der Waals surface area contributed by atoms with Crippen LogP contribution >= 0.6 is 0 Å². The zero-order chi connectivity index (χ0) is 23.8. The molecule has 1 fully saturated rings. The Hall–Kier alpha value is -2.81. The van der Waals surface area contributed by atoms with Gasteiger partial charge in [-0.25, -0.2) is 0 Å². The van der Waals surface area contributed by atoms with Gasteiger partial charge in [0, 0.05) is 48.7 Å². The van der Waals surface area contributed by atoms with Crippen LogP contribution in [0.15, 0.2) is 59.7 Å². The number of allylic oxidation sites excluding steroid dienone is 2. The molecule has 33 heavy (non-hydrogen) atoms. The molecule has 0 heterocycles. The van der Waals surface area contributed by atoms with Crippen molar-refractivity contribution in [3.8, 4) is 0 Å². The minimum Gasteiger partial charge on any atom is -0.372 e. The van der Waals surface area contributed by atoms with Crippen LogP contribution in [0.2, 0.25) is 0 Å². The summed E-state index contributed by atoms with van der Waals surface area (Å²) in [6, 6.07) is 17.1. The molecule has 0 aromatic heterocycles. The zero-order valence-electron chi connectivity index (χ0n) is 21.1. The van der Waals surface area contributed by atoms with E-state index in [-0.39, 0.29) is 5.78 Å². The van der Waals surface area contributed by atoms with Crippen molar-refractivity contribution in [3.05, 3.63) is 70.8 Å². The van der Waals surface area contributed by atoms with Crippen molar-refractivity contribution in [3.63, 3.8) is 0 Å². The van der Waals surface area contributed by atoms with Gasteiger partial charge in [0.25, 0.3) is 0 Å². The Balaban J connectivity index is 1.93. The first-order valence-corrected chi connectivity index (χ1v) is 12.7. The number of anilines is 2. The first kappa shape index (κ1) is 24.8. The van der Waals surface area contributed by atoms with Gasteiger partial charge < -0.3 is 9.80 Å². The van der Waals surface area contributed by atoms with E-state index in [0.29, 0.717) is 5.92 Å². The van der Waals surface area contributed by atoms with Crippen molar-refractivity contribution in [2.45, 2.75) is 53.9 Å². The summed E-state index contributed by atoms with van der Waals surface area (Å²) in [7, 11) is 0. The van der Waals surface area contributed by atoms with Crippen molar-refractivity contribution in [2.24, 2.45) is 5.92 Å². The molecule has 0 radical (unpaired) electrons. The topological polar surface area (TPSA) is 23.6 Å². The van der Waals surface area contributed by atoms with E-state index in [1.54, 1.807) is 0 Å². The molecule has 1 aliphatic carbocycles. The minimum absolute atomic E-state index is 0.209. The lowest BCUT2D eigenvalue weighted by Gasteiger charge is -2.25. The summed E-state index contributed by atoms with van der Waals surface area (Å²) < 4.78 is 0. The number of hydrogen-bond donors (Lipinski definition) is 0. The highest BCUT2D eigenvalue weighted by Gasteiger charge is 2.27. The van der Waals surface area contributed by atoms with Gasteiger partial charge in [0.05, 0.1) is 0 Å². The lowest BCUT2D eigenvalue weighted by molar-refractivity contribution is -0.113. The quantitative estimate of drug-likeness (QED) is 0.381. The van der Waals surface area contributed by atoms with E-state index in [1.807, 2.05) is 0 Å². The Morgan fingerprint density at radius 1 is 0.727 bits per heavy atom.